The van der Waals surface area contributed by atoms with Gasteiger partial charge in [0.25, 0.3) is 5.91 Å². The third kappa shape index (κ3) is 5.86. The number of carbonyl (C=O) groups is 1. The highest BCUT2D eigenvalue weighted by molar-refractivity contribution is 5.94. The SMILES string of the molecule is O=C(NCCCOCC1CCCO1)c1ccc(Oc2ccccc2)cc1. The van der Waals surface area contributed by atoms with E-state index in [0.717, 1.165) is 31.6 Å². The molecule has 0 saturated carbocycles. The topological polar surface area (TPSA) is 56.8 Å². The summed E-state index contributed by atoms with van der Waals surface area (Å²) in [7, 11) is 0. The molecule has 1 aliphatic heterocycles. The Balaban J connectivity index is 1.33. The summed E-state index contributed by atoms with van der Waals surface area (Å²) >= 11 is 0. The Morgan fingerprint density at radius 1 is 1.08 bits per heavy atom. The van der Waals surface area contributed by atoms with Gasteiger partial charge in [-0.3, -0.25) is 4.79 Å². The van der Waals surface area contributed by atoms with E-state index in [1.54, 1.807) is 24.3 Å². The van der Waals surface area contributed by atoms with Crippen molar-refractivity contribution in [3.8, 4) is 11.5 Å². The first-order valence-corrected chi connectivity index (χ1v) is 9.12. The fraction of sp³-hybridized carbons (Fsp3) is 0.381. The first-order valence-electron chi connectivity index (χ1n) is 9.12. The highest BCUT2D eigenvalue weighted by Gasteiger charge is 2.15. The number of hydrogen-bond acceptors (Lipinski definition) is 4. The summed E-state index contributed by atoms with van der Waals surface area (Å²) in [6.07, 6.45) is 3.24. The van der Waals surface area contributed by atoms with E-state index < -0.39 is 0 Å². The van der Waals surface area contributed by atoms with Gasteiger partial charge in [-0.15, -0.1) is 0 Å². The molecule has 1 amide bonds. The van der Waals surface area contributed by atoms with Gasteiger partial charge in [-0.2, -0.15) is 0 Å². The van der Waals surface area contributed by atoms with Crippen LogP contribution in [0.2, 0.25) is 0 Å². The lowest BCUT2D eigenvalue weighted by molar-refractivity contribution is 0.0166. The van der Waals surface area contributed by atoms with E-state index in [1.807, 2.05) is 30.3 Å². The number of para-hydroxylation sites is 1. The normalized spacial score (nSPS) is 16.4. The van der Waals surface area contributed by atoms with Crippen LogP contribution in [-0.2, 0) is 9.47 Å². The lowest BCUT2D eigenvalue weighted by atomic mass is 10.2. The standard InChI is InChI=1S/C21H25NO4/c23-21(22-13-5-14-24-16-20-8-4-15-25-20)17-9-11-19(12-10-17)26-18-6-2-1-3-7-18/h1-3,6-7,9-12,20H,4-5,8,13-16H2,(H,22,23). The Hall–Kier alpha value is -2.37. The van der Waals surface area contributed by atoms with Crippen molar-refractivity contribution in [2.75, 3.05) is 26.4 Å². The second-order valence-electron chi connectivity index (χ2n) is 6.26. The van der Waals surface area contributed by atoms with Gasteiger partial charge in [-0.25, -0.2) is 0 Å². The summed E-state index contributed by atoms with van der Waals surface area (Å²) in [4.78, 5) is 12.1. The number of nitrogens with one attached hydrogen (secondary N) is 1. The average molecular weight is 355 g/mol. The van der Waals surface area contributed by atoms with Gasteiger partial charge in [0.15, 0.2) is 0 Å². The van der Waals surface area contributed by atoms with Gasteiger partial charge < -0.3 is 19.5 Å². The van der Waals surface area contributed by atoms with E-state index in [0.29, 0.717) is 31.1 Å². The summed E-state index contributed by atoms with van der Waals surface area (Å²) in [6.45, 7) is 2.71. The lowest BCUT2D eigenvalue weighted by Crippen LogP contribution is -2.25. The maximum Gasteiger partial charge on any atom is 0.251 e. The molecule has 26 heavy (non-hydrogen) atoms. The van der Waals surface area contributed by atoms with Crippen LogP contribution in [0.5, 0.6) is 11.5 Å². The molecule has 0 aliphatic carbocycles. The quantitative estimate of drug-likeness (QED) is 0.695. The number of benzene rings is 2. The molecular formula is C21H25NO4. The Kier molecular flexibility index (Phi) is 7.05. The molecule has 1 unspecified atom stereocenters. The molecule has 2 aromatic rings. The van der Waals surface area contributed by atoms with Crippen LogP contribution in [0.4, 0.5) is 0 Å². The molecule has 2 aromatic carbocycles. The molecule has 1 saturated heterocycles. The van der Waals surface area contributed by atoms with Crippen molar-refractivity contribution >= 4 is 5.91 Å². The molecule has 1 atom stereocenters. The summed E-state index contributed by atoms with van der Waals surface area (Å²) in [5.74, 6) is 1.39. The first-order chi connectivity index (χ1) is 12.8. The van der Waals surface area contributed by atoms with Crippen LogP contribution < -0.4 is 10.1 Å². The Bertz CT molecular complexity index is 666. The van der Waals surface area contributed by atoms with Gasteiger partial charge in [0, 0.05) is 25.3 Å². The Labute approximate surface area is 154 Å². The summed E-state index contributed by atoms with van der Waals surface area (Å²) in [5.41, 5.74) is 0.616. The summed E-state index contributed by atoms with van der Waals surface area (Å²) < 4.78 is 16.8. The van der Waals surface area contributed by atoms with Crippen LogP contribution in [0.25, 0.3) is 0 Å². The maximum absolute atomic E-state index is 12.1. The Morgan fingerprint density at radius 2 is 1.85 bits per heavy atom. The molecule has 0 bridgehead atoms. The number of carbonyl (C=O) groups excluding carboxylic acids is 1. The number of amides is 1. The highest BCUT2D eigenvalue weighted by atomic mass is 16.5. The molecule has 1 fully saturated rings. The van der Waals surface area contributed by atoms with Gasteiger partial charge in [0.05, 0.1) is 12.7 Å². The predicted molar refractivity (Wildman–Crippen MR) is 99.7 cm³/mol. The first kappa shape index (κ1) is 18.4. The van der Waals surface area contributed by atoms with E-state index in [1.165, 1.54) is 0 Å². The fourth-order valence-corrected chi connectivity index (χ4v) is 2.77. The third-order valence-corrected chi connectivity index (χ3v) is 4.17. The number of ether oxygens (including phenoxy) is 3. The van der Waals surface area contributed by atoms with E-state index in [9.17, 15) is 4.79 Å². The van der Waals surface area contributed by atoms with E-state index >= 15 is 0 Å². The Morgan fingerprint density at radius 3 is 2.58 bits per heavy atom. The van der Waals surface area contributed by atoms with Gasteiger partial charge in [0.2, 0.25) is 0 Å². The van der Waals surface area contributed by atoms with Crippen LogP contribution in [0.3, 0.4) is 0 Å². The molecule has 0 aromatic heterocycles. The maximum atomic E-state index is 12.1. The van der Waals surface area contributed by atoms with Gasteiger partial charge in [0.1, 0.15) is 11.5 Å². The fourth-order valence-electron chi connectivity index (χ4n) is 2.77. The van der Waals surface area contributed by atoms with Crippen molar-refractivity contribution in [1.82, 2.24) is 5.32 Å². The third-order valence-electron chi connectivity index (χ3n) is 4.17. The number of rotatable bonds is 9. The minimum atomic E-state index is -0.0876. The zero-order valence-electron chi connectivity index (χ0n) is 14.9. The zero-order valence-corrected chi connectivity index (χ0v) is 14.9. The monoisotopic (exact) mass is 355 g/mol. The van der Waals surface area contributed by atoms with E-state index in [2.05, 4.69) is 5.32 Å². The smallest absolute Gasteiger partial charge is 0.251 e. The number of hydrogen-bond donors (Lipinski definition) is 1. The van der Waals surface area contributed by atoms with Crippen molar-refractivity contribution in [3.63, 3.8) is 0 Å². The van der Waals surface area contributed by atoms with Crippen LogP contribution in [0.1, 0.15) is 29.6 Å². The summed E-state index contributed by atoms with van der Waals surface area (Å²) in [5, 5.41) is 2.91. The van der Waals surface area contributed by atoms with Gasteiger partial charge in [-0.05, 0) is 55.7 Å². The molecule has 0 radical (unpaired) electrons. The molecule has 138 valence electrons. The van der Waals surface area contributed by atoms with Crippen molar-refractivity contribution in [3.05, 3.63) is 60.2 Å². The molecule has 3 rings (SSSR count). The van der Waals surface area contributed by atoms with Crippen molar-refractivity contribution in [2.45, 2.75) is 25.4 Å². The molecule has 1 aliphatic rings. The average Bonchev–Trinajstić information content (AvgIpc) is 3.19. The van der Waals surface area contributed by atoms with E-state index in [4.69, 9.17) is 14.2 Å². The van der Waals surface area contributed by atoms with Crippen LogP contribution in [-0.4, -0.2) is 38.4 Å². The second-order valence-corrected chi connectivity index (χ2v) is 6.26. The predicted octanol–water partition coefficient (Wildman–Crippen LogP) is 3.79. The van der Waals surface area contributed by atoms with Gasteiger partial charge >= 0.3 is 0 Å². The minimum absolute atomic E-state index is 0.0876. The highest BCUT2D eigenvalue weighted by Crippen LogP contribution is 2.21. The van der Waals surface area contributed by atoms with Crippen LogP contribution >= 0.6 is 0 Å². The molecular weight excluding hydrogens is 330 g/mol. The molecule has 0 spiro atoms. The van der Waals surface area contributed by atoms with Crippen molar-refractivity contribution in [1.29, 1.82) is 0 Å². The van der Waals surface area contributed by atoms with Crippen molar-refractivity contribution < 1.29 is 19.0 Å². The molecule has 1 heterocycles. The molecule has 1 N–H and O–H groups in total. The van der Waals surface area contributed by atoms with E-state index in [-0.39, 0.29) is 12.0 Å². The minimum Gasteiger partial charge on any atom is -0.457 e. The second kappa shape index (κ2) is 9.94. The largest absolute Gasteiger partial charge is 0.457 e. The summed E-state index contributed by atoms with van der Waals surface area (Å²) in [6, 6.07) is 16.7. The lowest BCUT2D eigenvalue weighted by Gasteiger charge is -2.10. The zero-order chi connectivity index (χ0) is 18.0. The van der Waals surface area contributed by atoms with Crippen LogP contribution in [0, 0.1) is 0 Å². The van der Waals surface area contributed by atoms with Crippen molar-refractivity contribution in [2.24, 2.45) is 0 Å². The van der Waals surface area contributed by atoms with Crippen LogP contribution in [0.15, 0.2) is 54.6 Å². The van der Waals surface area contributed by atoms with Gasteiger partial charge in [-0.1, -0.05) is 18.2 Å². The molecule has 5 heteroatoms. The molecule has 5 nitrogen and oxygen atoms in total.